The normalized spacial score (nSPS) is 13.0. The van der Waals surface area contributed by atoms with E-state index in [0.717, 1.165) is 5.56 Å². The van der Waals surface area contributed by atoms with E-state index >= 15 is 0 Å². The molecule has 0 aliphatic heterocycles. The summed E-state index contributed by atoms with van der Waals surface area (Å²) in [4.78, 5) is 0. The van der Waals surface area contributed by atoms with E-state index in [2.05, 4.69) is 95.6 Å². The molecule has 0 spiro atoms. The van der Waals surface area contributed by atoms with Crippen LogP contribution in [0.4, 0.5) is 0 Å². The third-order valence-electron chi connectivity index (χ3n) is 1.87. The second-order valence-electron chi connectivity index (χ2n) is 3.59. The fraction of sp³-hybridized carbons (Fsp3) is 0.455. The van der Waals surface area contributed by atoms with Gasteiger partial charge in [0.1, 0.15) is 0 Å². The molecule has 0 radical (unpaired) electrons. The number of ether oxygens (including phenoxy) is 2. The molecule has 1 aromatic rings. The fourth-order valence-electron chi connectivity index (χ4n) is 1.19. The second-order valence-corrected chi connectivity index (χ2v) is 18.1. The maximum atomic E-state index is 5.76. The Kier molecular flexibility index (Phi) is 8.63. The predicted octanol–water partition coefficient (Wildman–Crippen LogP) is 6.40. The highest BCUT2D eigenvalue weighted by Gasteiger charge is 2.25. The molecule has 19 heavy (non-hydrogen) atoms. The zero-order chi connectivity index (χ0) is 14.5. The Labute approximate surface area is 163 Å². The average Bonchev–Trinajstić information content (AvgIpc) is 2.27. The van der Waals surface area contributed by atoms with E-state index in [9.17, 15) is 0 Å². The number of hydrogen-bond donors (Lipinski definition) is 0. The minimum absolute atomic E-state index is 0.381. The number of hydrogen-bond acceptors (Lipinski definition) is 2. The fourth-order valence-corrected chi connectivity index (χ4v) is 1.98. The van der Waals surface area contributed by atoms with Crippen LogP contribution < -0.4 is 0 Å². The molecule has 0 fully saturated rings. The van der Waals surface area contributed by atoms with Gasteiger partial charge in [0.2, 0.25) is 0 Å². The molecule has 0 aliphatic carbocycles. The summed E-state index contributed by atoms with van der Waals surface area (Å²) < 4.78 is 10.6. The third kappa shape index (κ3) is 9.60. The minimum atomic E-state index is -0.461. The summed E-state index contributed by atoms with van der Waals surface area (Å²) in [6, 6.07) is 9.77. The van der Waals surface area contributed by atoms with E-state index < -0.39 is 10.6 Å². The number of alkyl halides is 6. The number of halogens is 6. The third-order valence-corrected chi connectivity index (χ3v) is 3.24. The topological polar surface area (TPSA) is 18.5 Å². The van der Waals surface area contributed by atoms with E-state index in [1.807, 2.05) is 30.3 Å². The number of rotatable bonds is 5. The maximum absolute atomic E-state index is 5.76. The van der Waals surface area contributed by atoms with Crippen LogP contribution in [-0.4, -0.2) is 17.5 Å². The van der Waals surface area contributed by atoms with Crippen molar-refractivity contribution >= 4 is 95.6 Å². The van der Waals surface area contributed by atoms with Crippen molar-refractivity contribution in [2.75, 3.05) is 13.2 Å². The van der Waals surface area contributed by atoms with Crippen molar-refractivity contribution in [2.24, 2.45) is 0 Å². The lowest BCUT2D eigenvalue weighted by Gasteiger charge is -2.24. The van der Waals surface area contributed by atoms with E-state index in [1.165, 1.54) is 0 Å². The molecule has 1 aromatic carbocycles. The Morgan fingerprint density at radius 2 is 1.21 bits per heavy atom. The molecule has 0 heterocycles. The van der Waals surface area contributed by atoms with Gasteiger partial charge in [-0.15, -0.1) is 0 Å². The largest absolute Gasteiger partial charge is 0.345 e. The van der Waals surface area contributed by atoms with Crippen molar-refractivity contribution in [2.45, 2.75) is 10.6 Å². The molecular formula is C11H10Br6O2. The first-order valence-corrected chi connectivity index (χ1v) is 9.85. The van der Waals surface area contributed by atoms with Gasteiger partial charge in [-0.3, -0.25) is 0 Å². The van der Waals surface area contributed by atoms with Crippen molar-refractivity contribution in [3.05, 3.63) is 35.9 Å². The van der Waals surface area contributed by atoms with Gasteiger partial charge in [-0.2, -0.15) is 0 Å². The van der Waals surface area contributed by atoms with Crippen molar-refractivity contribution < 1.29 is 9.47 Å². The quantitative estimate of drug-likeness (QED) is 0.271. The zero-order valence-corrected chi connectivity index (χ0v) is 19.0. The lowest BCUT2D eigenvalue weighted by atomic mass is 10.2. The van der Waals surface area contributed by atoms with Crippen LogP contribution >= 0.6 is 95.6 Å². The average molecular weight is 654 g/mol. The van der Waals surface area contributed by atoms with Crippen LogP contribution in [0.15, 0.2) is 30.3 Å². The molecule has 8 heteroatoms. The molecule has 0 atom stereocenters. The van der Waals surface area contributed by atoms with Gasteiger partial charge < -0.3 is 9.47 Å². The van der Waals surface area contributed by atoms with Gasteiger partial charge in [0.25, 0.3) is 0 Å². The molecule has 0 amide bonds. The first-order chi connectivity index (χ1) is 8.67. The Balaban J connectivity index is 2.68. The summed E-state index contributed by atoms with van der Waals surface area (Å²) in [7, 11) is 0. The lowest BCUT2D eigenvalue weighted by molar-refractivity contribution is -0.141. The van der Waals surface area contributed by atoms with Gasteiger partial charge in [0, 0.05) is 5.56 Å². The Morgan fingerprint density at radius 1 is 0.789 bits per heavy atom. The Bertz CT molecular complexity index is 355. The molecule has 0 bridgehead atoms. The van der Waals surface area contributed by atoms with Gasteiger partial charge in [-0.05, 0) is 0 Å². The van der Waals surface area contributed by atoms with Crippen LogP contribution in [0.3, 0.4) is 0 Å². The second kappa shape index (κ2) is 8.60. The summed E-state index contributed by atoms with van der Waals surface area (Å²) in [6.45, 7) is 0.763. The van der Waals surface area contributed by atoms with Gasteiger partial charge in [0.05, 0.1) is 13.2 Å². The van der Waals surface area contributed by atoms with E-state index in [0.29, 0.717) is 13.2 Å². The summed E-state index contributed by atoms with van der Waals surface area (Å²) in [5.41, 5.74) is 0.955. The van der Waals surface area contributed by atoms with Gasteiger partial charge in [0.15, 0.2) is 10.6 Å². The molecule has 0 saturated heterocycles. The van der Waals surface area contributed by atoms with Gasteiger partial charge in [-0.25, -0.2) is 0 Å². The molecule has 1 rings (SSSR count). The van der Waals surface area contributed by atoms with Gasteiger partial charge >= 0.3 is 0 Å². The van der Waals surface area contributed by atoms with Crippen molar-refractivity contribution in [1.29, 1.82) is 0 Å². The summed E-state index contributed by atoms with van der Waals surface area (Å²) in [5.74, 6) is 0. The summed E-state index contributed by atoms with van der Waals surface area (Å²) >= 11 is 20.4. The molecule has 0 N–H and O–H groups in total. The first kappa shape index (κ1) is 19.1. The van der Waals surface area contributed by atoms with Crippen LogP contribution in [0.2, 0.25) is 0 Å². The highest BCUT2D eigenvalue weighted by molar-refractivity contribution is 9.39. The monoisotopic (exact) mass is 648 g/mol. The highest BCUT2D eigenvalue weighted by atomic mass is 80.0. The number of benzene rings is 1. The van der Waals surface area contributed by atoms with Crippen molar-refractivity contribution in [3.63, 3.8) is 0 Å². The minimum Gasteiger partial charge on any atom is -0.345 e. The van der Waals surface area contributed by atoms with Crippen LogP contribution in [0.1, 0.15) is 11.9 Å². The lowest BCUT2D eigenvalue weighted by Crippen LogP contribution is -2.20. The van der Waals surface area contributed by atoms with Crippen LogP contribution in [-0.2, 0) is 9.47 Å². The molecule has 2 nitrogen and oxygen atoms in total. The van der Waals surface area contributed by atoms with E-state index in [1.54, 1.807) is 0 Å². The van der Waals surface area contributed by atoms with Gasteiger partial charge in [-0.1, -0.05) is 126 Å². The summed E-state index contributed by atoms with van der Waals surface area (Å²) in [6.07, 6.45) is -0.458. The van der Waals surface area contributed by atoms with Crippen molar-refractivity contribution in [3.8, 4) is 0 Å². The van der Waals surface area contributed by atoms with Crippen LogP contribution in [0, 0.1) is 0 Å². The predicted molar refractivity (Wildman–Crippen MR) is 100 cm³/mol. The molecule has 0 aliphatic rings. The van der Waals surface area contributed by atoms with Crippen LogP contribution in [0.25, 0.3) is 0 Å². The molecule has 0 unspecified atom stereocenters. The SMILES string of the molecule is BrC(Br)(Br)COC(OCC(Br)(Br)Br)c1ccccc1. The molecule has 0 saturated carbocycles. The first-order valence-electron chi connectivity index (χ1n) is 5.09. The molecule has 108 valence electrons. The standard InChI is InChI=1S/C11H10Br6O2/c12-10(13,14)6-18-9(19-7-11(15,16)17)8-4-2-1-3-5-8/h1-5,9H,6-7H2. The van der Waals surface area contributed by atoms with Crippen LogP contribution in [0.5, 0.6) is 0 Å². The maximum Gasteiger partial charge on any atom is 0.184 e. The summed E-state index contributed by atoms with van der Waals surface area (Å²) in [5, 5.41) is 0. The smallest absolute Gasteiger partial charge is 0.184 e. The van der Waals surface area contributed by atoms with Crippen molar-refractivity contribution in [1.82, 2.24) is 0 Å². The Morgan fingerprint density at radius 3 is 1.58 bits per heavy atom. The Hall–Kier alpha value is 2.02. The molecule has 0 aromatic heterocycles. The highest BCUT2D eigenvalue weighted by Crippen LogP contribution is 2.37. The van der Waals surface area contributed by atoms with E-state index in [4.69, 9.17) is 9.47 Å². The molecular weight excluding hydrogens is 644 g/mol. The van der Waals surface area contributed by atoms with E-state index in [-0.39, 0.29) is 0 Å². The zero-order valence-electron chi connectivity index (χ0n) is 9.46.